The third-order valence-electron chi connectivity index (χ3n) is 3.35. The quantitative estimate of drug-likeness (QED) is 0.906. The predicted octanol–water partition coefficient (Wildman–Crippen LogP) is 4.03. The summed E-state index contributed by atoms with van der Waals surface area (Å²) in [6.07, 6.45) is 3.13. The minimum atomic E-state index is 0.317. The summed E-state index contributed by atoms with van der Waals surface area (Å²) in [4.78, 5) is 1.33. The molecule has 0 saturated carbocycles. The molecule has 0 amide bonds. The summed E-state index contributed by atoms with van der Waals surface area (Å²) in [5.41, 5.74) is 3.43. The van der Waals surface area contributed by atoms with Crippen LogP contribution in [0.15, 0.2) is 29.3 Å². The van der Waals surface area contributed by atoms with E-state index in [0.29, 0.717) is 6.04 Å². The van der Waals surface area contributed by atoms with E-state index < -0.39 is 0 Å². The van der Waals surface area contributed by atoms with Gasteiger partial charge in [-0.05, 0) is 37.1 Å². The smallest absolute Gasteiger partial charge is 0.0825 e. The van der Waals surface area contributed by atoms with Crippen LogP contribution >= 0.6 is 23.4 Å². The normalized spacial score (nSPS) is 18.2. The highest BCUT2D eigenvalue weighted by atomic mass is 35.5. The van der Waals surface area contributed by atoms with Crippen LogP contribution < -0.4 is 5.32 Å². The lowest BCUT2D eigenvalue weighted by Crippen LogP contribution is -2.16. The van der Waals surface area contributed by atoms with E-state index in [4.69, 9.17) is 11.6 Å². The van der Waals surface area contributed by atoms with Gasteiger partial charge in [0, 0.05) is 28.9 Å². The molecule has 3 nitrogen and oxygen atoms in total. The molecule has 1 aliphatic heterocycles. The Balaban J connectivity index is 1.91. The van der Waals surface area contributed by atoms with Crippen LogP contribution in [0.2, 0.25) is 5.02 Å². The van der Waals surface area contributed by atoms with Crippen molar-refractivity contribution in [1.29, 1.82) is 0 Å². The van der Waals surface area contributed by atoms with Crippen molar-refractivity contribution in [2.45, 2.75) is 24.3 Å². The van der Waals surface area contributed by atoms with E-state index in [1.54, 1.807) is 0 Å². The van der Waals surface area contributed by atoms with Crippen molar-refractivity contribution in [2.75, 3.05) is 11.1 Å². The number of thioether (sulfide) groups is 1. The van der Waals surface area contributed by atoms with E-state index in [1.165, 1.54) is 10.5 Å². The molecule has 2 heterocycles. The number of aromatic nitrogens is 2. The maximum atomic E-state index is 6.13. The number of anilines is 1. The molecule has 100 valence electrons. The lowest BCUT2D eigenvalue weighted by atomic mass is 10.0. The first-order valence-corrected chi connectivity index (χ1v) is 7.69. The Hall–Kier alpha value is -1.13. The van der Waals surface area contributed by atoms with E-state index in [9.17, 15) is 0 Å². The van der Waals surface area contributed by atoms with Crippen LogP contribution in [0.5, 0.6) is 0 Å². The Morgan fingerprint density at radius 1 is 1.47 bits per heavy atom. The van der Waals surface area contributed by atoms with Gasteiger partial charge in [-0.3, -0.25) is 4.68 Å². The van der Waals surface area contributed by atoms with Crippen LogP contribution in [0.25, 0.3) is 0 Å². The number of aryl methyl sites for hydroxylation is 2. The number of rotatable bonds is 2. The number of halogens is 1. The second-order valence-electron chi connectivity index (χ2n) is 4.82. The van der Waals surface area contributed by atoms with Gasteiger partial charge in [0.15, 0.2) is 0 Å². The molecule has 0 aliphatic carbocycles. The third-order valence-corrected chi connectivity index (χ3v) is 4.71. The summed E-state index contributed by atoms with van der Waals surface area (Å²) in [6, 6.07) is 6.47. The number of hydrogen-bond donors (Lipinski definition) is 1. The van der Waals surface area contributed by atoms with E-state index in [2.05, 4.69) is 22.5 Å². The summed E-state index contributed by atoms with van der Waals surface area (Å²) in [6.45, 7) is 2.03. The van der Waals surface area contributed by atoms with Crippen LogP contribution in [0.4, 0.5) is 5.69 Å². The van der Waals surface area contributed by atoms with E-state index in [-0.39, 0.29) is 0 Å². The first-order chi connectivity index (χ1) is 9.13. The van der Waals surface area contributed by atoms with Gasteiger partial charge in [0.1, 0.15) is 0 Å². The van der Waals surface area contributed by atoms with Crippen molar-refractivity contribution in [3.8, 4) is 0 Å². The molecule has 5 heteroatoms. The maximum absolute atomic E-state index is 6.13. The SMILES string of the molecule is Cc1nn(C)cc1NC1CCSc2ccc(Cl)cc21. The monoisotopic (exact) mass is 293 g/mol. The number of fused-ring (bicyclic) bond motifs is 1. The van der Waals surface area contributed by atoms with Crippen molar-refractivity contribution < 1.29 is 0 Å². The highest BCUT2D eigenvalue weighted by Crippen LogP contribution is 2.39. The Bertz CT molecular complexity index is 609. The zero-order valence-corrected chi connectivity index (χ0v) is 12.6. The fourth-order valence-corrected chi connectivity index (χ4v) is 3.73. The molecule has 0 saturated heterocycles. The molecule has 2 aromatic rings. The highest BCUT2D eigenvalue weighted by Gasteiger charge is 2.21. The van der Waals surface area contributed by atoms with Crippen molar-refractivity contribution in [1.82, 2.24) is 9.78 Å². The van der Waals surface area contributed by atoms with E-state index >= 15 is 0 Å². The van der Waals surface area contributed by atoms with Crippen LogP contribution in [0.3, 0.4) is 0 Å². The van der Waals surface area contributed by atoms with Crippen LogP contribution in [0.1, 0.15) is 23.7 Å². The molecule has 19 heavy (non-hydrogen) atoms. The molecule has 0 fully saturated rings. The van der Waals surface area contributed by atoms with Crippen molar-refractivity contribution in [3.05, 3.63) is 40.7 Å². The Labute approximate surface area is 122 Å². The molecule has 1 aliphatic rings. The Morgan fingerprint density at radius 2 is 2.32 bits per heavy atom. The molecule has 1 N–H and O–H groups in total. The average Bonchev–Trinajstić information content (AvgIpc) is 2.69. The summed E-state index contributed by atoms with van der Waals surface area (Å²) in [5.74, 6) is 1.13. The fourth-order valence-electron chi connectivity index (χ4n) is 2.44. The van der Waals surface area contributed by atoms with Gasteiger partial charge < -0.3 is 5.32 Å². The van der Waals surface area contributed by atoms with Crippen molar-refractivity contribution in [2.24, 2.45) is 7.05 Å². The number of nitrogens with one attached hydrogen (secondary N) is 1. The van der Waals surface area contributed by atoms with Crippen molar-refractivity contribution >= 4 is 29.1 Å². The van der Waals surface area contributed by atoms with Gasteiger partial charge in [0.2, 0.25) is 0 Å². The molecular weight excluding hydrogens is 278 g/mol. The van der Waals surface area contributed by atoms with Gasteiger partial charge in [0.25, 0.3) is 0 Å². The predicted molar refractivity (Wildman–Crippen MR) is 81.1 cm³/mol. The zero-order valence-electron chi connectivity index (χ0n) is 11.0. The molecule has 1 unspecified atom stereocenters. The summed E-state index contributed by atoms with van der Waals surface area (Å²) in [5, 5.41) is 8.77. The lowest BCUT2D eigenvalue weighted by Gasteiger charge is -2.26. The van der Waals surface area contributed by atoms with Crippen LogP contribution in [-0.4, -0.2) is 15.5 Å². The molecule has 0 radical (unpaired) electrons. The van der Waals surface area contributed by atoms with Crippen LogP contribution in [-0.2, 0) is 7.05 Å². The molecular formula is C14H16ClN3S. The van der Waals surface area contributed by atoms with Gasteiger partial charge >= 0.3 is 0 Å². The van der Waals surface area contributed by atoms with Gasteiger partial charge in [-0.2, -0.15) is 5.10 Å². The Kier molecular flexibility index (Phi) is 3.46. The molecule has 1 atom stereocenters. The number of nitrogens with zero attached hydrogens (tertiary/aromatic N) is 2. The summed E-state index contributed by atoms with van der Waals surface area (Å²) >= 11 is 8.03. The summed E-state index contributed by atoms with van der Waals surface area (Å²) in [7, 11) is 1.94. The fraction of sp³-hybridized carbons (Fsp3) is 0.357. The lowest BCUT2D eigenvalue weighted by molar-refractivity contribution is 0.727. The Morgan fingerprint density at radius 3 is 3.05 bits per heavy atom. The standard InChI is InChI=1S/C14H16ClN3S/c1-9-13(8-18(2)17-9)16-12-5-6-19-14-4-3-10(15)7-11(12)14/h3-4,7-8,12,16H,5-6H2,1-2H3. The molecule has 0 spiro atoms. The molecule has 0 bridgehead atoms. The van der Waals surface area contributed by atoms with Gasteiger partial charge in [-0.1, -0.05) is 11.6 Å². The largest absolute Gasteiger partial charge is 0.375 e. The zero-order chi connectivity index (χ0) is 13.4. The highest BCUT2D eigenvalue weighted by molar-refractivity contribution is 7.99. The van der Waals surface area contributed by atoms with Crippen molar-refractivity contribution in [3.63, 3.8) is 0 Å². The minimum absolute atomic E-state index is 0.317. The molecule has 3 rings (SSSR count). The maximum Gasteiger partial charge on any atom is 0.0825 e. The minimum Gasteiger partial charge on any atom is -0.375 e. The van der Waals surface area contributed by atoms with Gasteiger partial charge in [-0.15, -0.1) is 11.8 Å². The summed E-state index contributed by atoms with van der Waals surface area (Å²) < 4.78 is 1.84. The number of hydrogen-bond acceptors (Lipinski definition) is 3. The first kappa shape index (κ1) is 12.9. The second kappa shape index (κ2) is 5.10. The van der Waals surface area contributed by atoms with E-state index in [0.717, 1.165) is 28.6 Å². The molecule has 1 aromatic heterocycles. The second-order valence-corrected chi connectivity index (χ2v) is 6.39. The first-order valence-electron chi connectivity index (χ1n) is 6.32. The average molecular weight is 294 g/mol. The van der Waals surface area contributed by atoms with Gasteiger partial charge in [-0.25, -0.2) is 0 Å². The molecule has 1 aromatic carbocycles. The topological polar surface area (TPSA) is 29.9 Å². The number of benzene rings is 1. The van der Waals surface area contributed by atoms with E-state index in [1.807, 2.05) is 42.7 Å². The van der Waals surface area contributed by atoms with Gasteiger partial charge in [0.05, 0.1) is 17.4 Å². The van der Waals surface area contributed by atoms with Crippen LogP contribution in [0, 0.1) is 6.92 Å². The third kappa shape index (κ3) is 2.60.